The Hall–Kier alpha value is -3.93. The number of carbonyl (C=O) groups excluding carboxylic acids is 1. The first-order valence-corrected chi connectivity index (χ1v) is 10.7. The lowest BCUT2D eigenvalue weighted by atomic mass is 10.1. The number of aryl methyl sites for hydroxylation is 1. The molecule has 0 saturated carbocycles. The van der Waals surface area contributed by atoms with Crippen LogP contribution in [-0.2, 0) is 17.8 Å². The van der Waals surface area contributed by atoms with E-state index >= 15 is 0 Å². The predicted octanol–water partition coefficient (Wildman–Crippen LogP) is 5.21. The molecular formula is C27H28N2O4. The monoisotopic (exact) mass is 444 g/mol. The summed E-state index contributed by atoms with van der Waals surface area (Å²) in [5.41, 5.74) is 4.80. The van der Waals surface area contributed by atoms with Gasteiger partial charge in [-0.1, -0.05) is 24.3 Å². The van der Waals surface area contributed by atoms with Crippen molar-refractivity contribution in [3.05, 3.63) is 83.6 Å². The van der Waals surface area contributed by atoms with Gasteiger partial charge in [-0.3, -0.25) is 4.79 Å². The van der Waals surface area contributed by atoms with Gasteiger partial charge in [-0.2, -0.15) is 0 Å². The average Bonchev–Trinajstić information content (AvgIpc) is 3.15. The van der Waals surface area contributed by atoms with E-state index in [1.165, 1.54) is 0 Å². The molecule has 1 N–H and O–H groups in total. The van der Waals surface area contributed by atoms with E-state index in [0.29, 0.717) is 18.0 Å². The van der Waals surface area contributed by atoms with Gasteiger partial charge in [0.05, 0.1) is 33.4 Å². The minimum absolute atomic E-state index is 0.0927. The van der Waals surface area contributed by atoms with Crippen LogP contribution in [0.3, 0.4) is 0 Å². The predicted molar refractivity (Wildman–Crippen MR) is 131 cm³/mol. The maximum Gasteiger partial charge on any atom is 0.228 e. The van der Waals surface area contributed by atoms with Crippen LogP contribution in [0.4, 0.5) is 5.69 Å². The molecule has 0 bridgehead atoms. The first kappa shape index (κ1) is 22.3. The van der Waals surface area contributed by atoms with Crippen LogP contribution in [0.2, 0.25) is 0 Å². The van der Waals surface area contributed by atoms with Gasteiger partial charge in [0, 0.05) is 29.7 Å². The summed E-state index contributed by atoms with van der Waals surface area (Å²) in [4.78, 5) is 12.9. The second kappa shape index (κ2) is 9.69. The van der Waals surface area contributed by atoms with Gasteiger partial charge in [0.1, 0.15) is 17.2 Å². The molecule has 4 aromatic rings. The Balaban J connectivity index is 1.61. The molecular weight excluding hydrogens is 416 g/mol. The topological polar surface area (TPSA) is 61.7 Å². The van der Waals surface area contributed by atoms with E-state index in [1.807, 2.05) is 67.7 Å². The lowest BCUT2D eigenvalue weighted by Crippen LogP contribution is -2.15. The molecule has 0 aliphatic carbocycles. The summed E-state index contributed by atoms with van der Waals surface area (Å²) in [7, 11) is 4.88. The lowest BCUT2D eigenvalue weighted by molar-refractivity contribution is -0.115. The SMILES string of the molecule is COc1cc(Cn2cc(CC(=O)Nc3cc(C)ccc3OC)c3ccccc32)cc(OC)c1. The number of nitrogens with one attached hydrogen (secondary N) is 1. The van der Waals surface area contributed by atoms with Crippen molar-refractivity contribution in [3.63, 3.8) is 0 Å². The van der Waals surface area contributed by atoms with E-state index in [4.69, 9.17) is 14.2 Å². The smallest absolute Gasteiger partial charge is 0.228 e. The van der Waals surface area contributed by atoms with Crippen LogP contribution in [-0.4, -0.2) is 31.8 Å². The number of fused-ring (bicyclic) bond motifs is 1. The molecule has 6 heteroatoms. The third-order valence-corrected chi connectivity index (χ3v) is 5.62. The van der Waals surface area contributed by atoms with Crippen LogP contribution >= 0.6 is 0 Å². The molecule has 0 atom stereocenters. The molecule has 3 aromatic carbocycles. The highest BCUT2D eigenvalue weighted by Crippen LogP contribution is 2.28. The zero-order valence-electron chi connectivity index (χ0n) is 19.3. The molecule has 33 heavy (non-hydrogen) atoms. The Bertz CT molecular complexity index is 1270. The molecule has 1 amide bonds. The van der Waals surface area contributed by atoms with Gasteiger partial charge in [0.25, 0.3) is 0 Å². The molecule has 4 rings (SSSR count). The van der Waals surface area contributed by atoms with E-state index in [9.17, 15) is 4.79 Å². The number of methoxy groups -OCH3 is 3. The lowest BCUT2D eigenvalue weighted by Gasteiger charge is -2.11. The summed E-state index contributed by atoms with van der Waals surface area (Å²) < 4.78 is 18.4. The molecule has 1 heterocycles. The zero-order chi connectivity index (χ0) is 23.4. The van der Waals surface area contributed by atoms with Crippen molar-refractivity contribution < 1.29 is 19.0 Å². The number of benzene rings is 3. The van der Waals surface area contributed by atoms with Crippen molar-refractivity contribution >= 4 is 22.5 Å². The van der Waals surface area contributed by atoms with E-state index < -0.39 is 0 Å². The quantitative estimate of drug-likeness (QED) is 0.406. The van der Waals surface area contributed by atoms with Crippen molar-refractivity contribution in [2.45, 2.75) is 19.9 Å². The average molecular weight is 445 g/mol. The van der Waals surface area contributed by atoms with Crippen molar-refractivity contribution in [2.24, 2.45) is 0 Å². The van der Waals surface area contributed by atoms with Crippen molar-refractivity contribution in [2.75, 3.05) is 26.6 Å². The molecule has 0 aliphatic rings. The summed E-state index contributed by atoms with van der Waals surface area (Å²) in [5.74, 6) is 2.04. The minimum atomic E-state index is -0.0927. The Morgan fingerprint density at radius 1 is 0.909 bits per heavy atom. The van der Waals surface area contributed by atoms with E-state index in [0.717, 1.165) is 39.1 Å². The Morgan fingerprint density at radius 2 is 1.64 bits per heavy atom. The number of anilines is 1. The second-order valence-electron chi connectivity index (χ2n) is 7.95. The number of amides is 1. The van der Waals surface area contributed by atoms with Gasteiger partial charge < -0.3 is 24.1 Å². The Labute approximate surface area is 193 Å². The highest BCUT2D eigenvalue weighted by atomic mass is 16.5. The first-order chi connectivity index (χ1) is 16.0. The number of para-hydroxylation sites is 1. The second-order valence-corrected chi connectivity index (χ2v) is 7.95. The van der Waals surface area contributed by atoms with Gasteiger partial charge in [-0.05, 0) is 53.9 Å². The molecule has 0 saturated heterocycles. The largest absolute Gasteiger partial charge is 0.497 e. The number of ether oxygens (including phenoxy) is 3. The standard InChI is InChI=1S/C27H28N2O4/c1-18-9-10-26(33-4)24(11-18)28-27(30)14-20-17-29(25-8-6-5-7-23(20)25)16-19-12-21(31-2)15-22(13-19)32-3/h5-13,15,17H,14,16H2,1-4H3,(H,28,30). The van der Waals surface area contributed by atoms with Gasteiger partial charge in [-0.15, -0.1) is 0 Å². The Kier molecular flexibility index (Phi) is 6.54. The normalized spacial score (nSPS) is 10.8. The summed E-state index contributed by atoms with van der Waals surface area (Å²) in [6.45, 7) is 2.61. The van der Waals surface area contributed by atoms with Crippen LogP contribution in [0, 0.1) is 6.92 Å². The number of nitrogens with zero attached hydrogens (tertiary/aromatic N) is 1. The third-order valence-electron chi connectivity index (χ3n) is 5.62. The van der Waals surface area contributed by atoms with Crippen LogP contribution in [0.5, 0.6) is 17.2 Å². The van der Waals surface area contributed by atoms with Gasteiger partial charge in [0.15, 0.2) is 0 Å². The van der Waals surface area contributed by atoms with E-state index in [1.54, 1.807) is 21.3 Å². The highest BCUT2D eigenvalue weighted by Gasteiger charge is 2.14. The summed E-state index contributed by atoms with van der Waals surface area (Å²) in [6.07, 6.45) is 2.30. The Morgan fingerprint density at radius 3 is 2.33 bits per heavy atom. The third kappa shape index (κ3) is 4.95. The zero-order valence-corrected chi connectivity index (χ0v) is 19.3. The summed E-state index contributed by atoms with van der Waals surface area (Å²) >= 11 is 0. The number of carbonyl (C=O) groups is 1. The number of rotatable bonds is 8. The molecule has 0 fully saturated rings. The molecule has 170 valence electrons. The molecule has 0 spiro atoms. The van der Waals surface area contributed by atoms with Crippen LogP contribution < -0.4 is 19.5 Å². The maximum absolute atomic E-state index is 12.9. The van der Waals surface area contributed by atoms with E-state index in [-0.39, 0.29) is 12.3 Å². The van der Waals surface area contributed by atoms with Gasteiger partial charge in [0.2, 0.25) is 5.91 Å². The molecule has 6 nitrogen and oxygen atoms in total. The summed E-state index contributed by atoms with van der Waals surface area (Å²) in [5, 5.41) is 4.05. The summed E-state index contributed by atoms with van der Waals surface area (Å²) in [6, 6.07) is 19.7. The molecule has 1 aromatic heterocycles. The van der Waals surface area contributed by atoms with E-state index in [2.05, 4.69) is 16.0 Å². The van der Waals surface area contributed by atoms with Crippen molar-refractivity contribution in [1.29, 1.82) is 0 Å². The number of hydrogen-bond acceptors (Lipinski definition) is 4. The fraction of sp³-hybridized carbons (Fsp3) is 0.222. The van der Waals surface area contributed by atoms with Crippen LogP contribution in [0.25, 0.3) is 10.9 Å². The van der Waals surface area contributed by atoms with Gasteiger partial charge in [-0.25, -0.2) is 0 Å². The highest BCUT2D eigenvalue weighted by molar-refractivity contribution is 5.97. The van der Waals surface area contributed by atoms with Crippen LogP contribution in [0.15, 0.2) is 66.9 Å². The number of aromatic nitrogens is 1. The van der Waals surface area contributed by atoms with Crippen molar-refractivity contribution in [3.8, 4) is 17.2 Å². The van der Waals surface area contributed by atoms with Crippen molar-refractivity contribution in [1.82, 2.24) is 4.57 Å². The fourth-order valence-electron chi connectivity index (χ4n) is 4.04. The van der Waals surface area contributed by atoms with Crippen LogP contribution in [0.1, 0.15) is 16.7 Å². The maximum atomic E-state index is 12.9. The molecule has 0 aliphatic heterocycles. The van der Waals surface area contributed by atoms with Gasteiger partial charge >= 0.3 is 0 Å². The molecule has 0 unspecified atom stereocenters. The molecule has 0 radical (unpaired) electrons. The fourth-order valence-corrected chi connectivity index (χ4v) is 4.04. The minimum Gasteiger partial charge on any atom is -0.497 e. The first-order valence-electron chi connectivity index (χ1n) is 10.7. The number of hydrogen-bond donors (Lipinski definition) is 1.